The number of halogens is 2. The fourth-order valence-electron chi connectivity index (χ4n) is 2.90. The highest BCUT2D eigenvalue weighted by atomic mass is 32.1. The summed E-state index contributed by atoms with van der Waals surface area (Å²) in [5.74, 6) is -2.53. The molecule has 2 aromatic rings. The lowest BCUT2D eigenvalue weighted by Crippen LogP contribution is -2.28. The number of nitriles is 1. The van der Waals surface area contributed by atoms with E-state index in [4.69, 9.17) is 0 Å². The zero-order chi connectivity index (χ0) is 20.3. The molecule has 144 valence electrons. The molecule has 1 aromatic heterocycles. The molecule has 0 unspecified atom stereocenters. The van der Waals surface area contributed by atoms with Crippen molar-refractivity contribution in [3.05, 3.63) is 46.5 Å². The number of carbonyl (C=O) groups excluding carboxylic acids is 2. The molecule has 9 heteroatoms. The Kier molecular flexibility index (Phi) is 5.80. The molecule has 0 radical (unpaired) electrons. The highest BCUT2D eigenvalue weighted by Gasteiger charge is 2.23. The number of thiazole rings is 1. The number of anilines is 2. The van der Waals surface area contributed by atoms with Gasteiger partial charge in [0.25, 0.3) is 5.91 Å². The van der Waals surface area contributed by atoms with Crippen molar-refractivity contribution in [3.8, 4) is 6.07 Å². The Morgan fingerprint density at radius 2 is 2.04 bits per heavy atom. The third kappa shape index (κ3) is 4.07. The standard InChI is InChI=1S/C19H16F2N4O2S/c1-12(26)25(17-5-4-14(20)9-16(17)21)19-23-15(11-28-19)8-13(10-22)18(27)24-6-2-3-7-24/h4-5,8-9,11H,2-3,6-7H2,1H3/b13-8+. The first-order valence-corrected chi connectivity index (χ1v) is 9.41. The van der Waals surface area contributed by atoms with Crippen LogP contribution in [0.2, 0.25) is 0 Å². The maximum Gasteiger partial charge on any atom is 0.264 e. The first-order valence-electron chi connectivity index (χ1n) is 8.53. The smallest absolute Gasteiger partial charge is 0.264 e. The predicted octanol–water partition coefficient (Wildman–Crippen LogP) is 3.64. The number of aromatic nitrogens is 1. The van der Waals surface area contributed by atoms with Crippen LogP contribution < -0.4 is 4.90 Å². The van der Waals surface area contributed by atoms with Crippen molar-refractivity contribution in [2.24, 2.45) is 0 Å². The molecule has 0 bridgehead atoms. The lowest BCUT2D eigenvalue weighted by molar-refractivity contribution is -0.125. The van der Waals surface area contributed by atoms with Gasteiger partial charge in [0.1, 0.15) is 23.3 Å². The molecule has 0 atom stereocenters. The van der Waals surface area contributed by atoms with Gasteiger partial charge in [-0.05, 0) is 31.1 Å². The second-order valence-electron chi connectivity index (χ2n) is 6.17. The van der Waals surface area contributed by atoms with Crippen LogP contribution >= 0.6 is 11.3 Å². The Morgan fingerprint density at radius 1 is 1.32 bits per heavy atom. The monoisotopic (exact) mass is 402 g/mol. The van der Waals surface area contributed by atoms with Crippen molar-refractivity contribution in [3.63, 3.8) is 0 Å². The molecule has 1 aromatic carbocycles. The van der Waals surface area contributed by atoms with Crippen molar-refractivity contribution >= 4 is 40.0 Å². The van der Waals surface area contributed by atoms with Gasteiger partial charge in [0, 0.05) is 31.5 Å². The number of rotatable bonds is 4. The topological polar surface area (TPSA) is 77.3 Å². The molecule has 0 aliphatic carbocycles. The van der Waals surface area contributed by atoms with Crippen LogP contribution in [-0.4, -0.2) is 34.8 Å². The minimum absolute atomic E-state index is 0.0545. The van der Waals surface area contributed by atoms with Crippen LogP contribution in [-0.2, 0) is 9.59 Å². The molecule has 1 fully saturated rings. The van der Waals surface area contributed by atoms with Gasteiger partial charge in [-0.2, -0.15) is 5.26 Å². The van der Waals surface area contributed by atoms with Crippen LogP contribution in [0.3, 0.4) is 0 Å². The molecule has 1 aliphatic heterocycles. The number of benzene rings is 1. The Labute approximate surface area is 164 Å². The summed E-state index contributed by atoms with van der Waals surface area (Å²) in [4.78, 5) is 31.3. The fourth-order valence-corrected chi connectivity index (χ4v) is 3.73. The van der Waals surface area contributed by atoms with E-state index in [2.05, 4.69) is 4.98 Å². The van der Waals surface area contributed by atoms with Gasteiger partial charge >= 0.3 is 0 Å². The van der Waals surface area contributed by atoms with Crippen molar-refractivity contribution in [1.29, 1.82) is 5.26 Å². The largest absolute Gasteiger partial charge is 0.338 e. The van der Waals surface area contributed by atoms with Crippen molar-refractivity contribution in [2.45, 2.75) is 19.8 Å². The molecule has 6 nitrogen and oxygen atoms in total. The highest BCUT2D eigenvalue weighted by Crippen LogP contribution is 2.31. The number of likely N-dealkylation sites (tertiary alicyclic amines) is 1. The predicted molar refractivity (Wildman–Crippen MR) is 101 cm³/mol. The molecule has 0 saturated carbocycles. The molecule has 2 amide bonds. The van der Waals surface area contributed by atoms with E-state index in [0.717, 1.165) is 41.2 Å². The molecule has 1 saturated heterocycles. The van der Waals surface area contributed by atoms with E-state index < -0.39 is 17.5 Å². The van der Waals surface area contributed by atoms with E-state index in [1.807, 2.05) is 6.07 Å². The summed E-state index contributed by atoms with van der Waals surface area (Å²) in [7, 11) is 0. The second-order valence-corrected chi connectivity index (χ2v) is 7.01. The first-order chi connectivity index (χ1) is 13.4. The van der Waals surface area contributed by atoms with Gasteiger partial charge in [-0.15, -0.1) is 11.3 Å². The Morgan fingerprint density at radius 3 is 2.64 bits per heavy atom. The van der Waals surface area contributed by atoms with Gasteiger partial charge in [0.05, 0.1) is 11.4 Å². The number of hydrogen-bond donors (Lipinski definition) is 0. The zero-order valence-corrected chi connectivity index (χ0v) is 15.8. The first kappa shape index (κ1) is 19.6. The third-order valence-electron chi connectivity index (χ3n) is 4.20. The van der Waals surface area contributed by atoms with Crippen molar-refractivity contribution in [1.82, 2.24) is 9.88 Å². The number of amides is 2. The van der Waals surface area contributed by atoms with Gasteiger partial charge < -0.3 is 4.90 Å². The molecule has 3 rings (SSSR count). The maximum atomic E-state index is 14.1. The quantitative estimate of drug-likeness (QED) is 0.578. The van der Waals surface area contributed by atoms with Crippen LogP contribution in [0.25, 0.3) is 6.08 Å². The Balaban J connectivity index is 1.91. The highest BCUT2D eigenvalue weighted by molar-refractivity contribution is 7.14. The Hall–Kier alpha value is -3.12. The summed E-state index contributed by atoms with van der Waals surface area (Å²) in [6, 6.07) is 4.77. The van der Waals surface area contributed by atoms with Crippen molar-refractivity contribution < 1.29 is 18.4 Å². The minimum atomic E-state index is -0.899. The van der Waals surface area contributed by atoms with E-state index >= 15 is 0 Å². The van der Waals surface area contributed by atoms with E-state index in [1.165, 1.54) is 13.0 Å². The van der Waals surface area contributed by atoms with Crippen LogP contribution in [0.1, 0.15) is 25.5 Å². The molecular formula is C19H16F2N4O2S. The molecule has 0 spiro atoms. The average Bonchev–Trinajstić information content (AvgIpc) is 3.33. The van der Waals surface area contributed by atoms with Gasteiger partial charge in [0.2, 0.25) is 5.91 Å². The SMILES string of the molecule is CC(=O)N(c1nc(/C=C(\C#N)C(=O)N2CCCC2)cs1)c1ccc(F)cc1F. The number of nitrogens with zero attached hydrogens (tertiary/aromatic N) is 4. The average molecular weight is 402 g/mol. The van der Waals surface area contributed by atoms with E-state index in [9.17, 15) is 23.6 Å². The van der Waals surface area contributed by atoms with E-state index in [0.29, 0.717) is 24.8 Å². The number of hydrogen-bond acceptors (Lipinski definition) is 5. The number of carbonyl (C=O) groups is 2. The normalized spacial score (nSPS) is 14.1. The summed E-state index contributed by atoms with van der Waals surface area (Å²) in [5.41, 5.74) is 0.117. The summed E-state index contributed by atoms with van der Waals surface area (Å²) in [6.07, 6.45) is 3.16. The summed E-state index contributed by atoms with van der Waals surface area (Å²) in [6.45, 7) is 2.46. The van der Waals surface area contributed by atoms with Crippen molar-refractivity contribution in [2.75, 3.05) is 18.0 Å². The zero-order valence-electron chi connectivity index (χ0n) is 15.0. The molecule has 1 aliphatic rings. The van der Waals surface area contributed by atoms with Crippen LogP contribution in [0.15, 0.2) is 29.2 Å². The fraction of sp³-hybridized carbons (Fsp3) is 0.263. The third-order valence-corrected chi connectivity index (χ3v) is 5.05. The van der Waals surface area contributed by atoms with Crippen LogP contribution in [0.4, 0.5) is 19.6 Å². The Bertz CT molecular complexity index is 990. The molecule has 0 N–H and O–H groups in total. The summed E-state index contributed by atoms with van der Waals surface area (Å²) in [5, 5.41) is 11.0. The summed E-state index contributed by atoms with van der Waals surface area (Å²) < 4.78 is 27.3. The maximum absolute atomic E-state index is 14.1. The lowest BCUT2D eigenvalue weighted by atomic mass is 10.2. The molecule has 2 heterocycles. The summed E-state index contributed by atoms with van der Waals surface area (Å²) >= 11 is 1.04. The van der Waals surface area contributed by atoms with Gasteiger partial charge in [-0.1, -0.05) is 0 Å². The van der Waals surface area contributed by atoms with E-state index in [1.54, 1.807) is 10.3 Å². The molecule has 28 heavy (non-hydrogen) atoms. The van der Waals surface area contributed by atoms with Crippen LogP contribution in [0, 0.1) is 23.0 Å². The van der Waals surface area contributed by atoms with Gasteiger partial charge in [-0.3, -0.25) is 14.5 Å². The second kappa shape index (κ2) is 8.27. The van der Waals surface area contributed by atoms with Crippen LogP contribution in [0.5, 0.6) is 0 Å². The van der Waals surface area contributed by atoms with Gasteiger partial charge in [0.15, 0.2) is 5.13 Å². The molecular weight excluding hydrogens is 386 g/mol. The minimum Gasteiger partial charge on any atom is -0.338 e. The van der Waals surface area contributed by atoms with Gasteiger partial charge in [-0.25, -0.2) is 13.8 Å². The lowest BCUT2D eigenvalue weighted by Gasteiger charge is -2.18. The van der Waals surface area contributed by atoms with E-state index in [-0.39, 0.29) is 22.3 Å².